The van der Waals surface area contributed by atoms with Crippen molar-refractivity contribution in [2.75, 3.05) is 28.4 Å². The second kappa shape index (κ2) is 11.0. The number of rotatable bonds is 8. The minimum Gasteiger partial charge on any atom is -0.497 e. The highest BCUT2D eigenvalue weighted by Gasteiger charge is 2.30. The summed E-state index contributed by atoms with van der Waals surface area (Å²) >= 11 is 0. The zero-order valence-corrected chi connectivity index (χ0v) is 22.3. The Kier molecular flexibility index (Phi) is 7.29. The Morgan fingerprint density at radius 2 is 1.50 bits per heavy atom. The fourth-order valence-corrected chi connectivity index (χ4v) is 4.79. The highest BCUT2D eigenvalue weighted by molar-refractivity contribution is 5.88. The number of esters is 1. The fourth-order valence-electron chi connectivity index (χ4n) is 4.79. The molecule has 204 valence electrons. The van der Waals surface area contributed by atoms with Crippen LogP contribution in [0.25, 0.3) is 33.1 Å². The summed E-state index contributed by atoms with van der Waals surface area (Å²) in [7, 11) is 5.77. The van der Waals surface area contributed by atoms with Crippen molar-refractivity contribution < 1.29 is 32.6 Å². The molecule has 5 rings (SSSR count). The standard InChI is InChI=1S/C31H26O9/c1-35-18-7-5-17(6-8-18)23-15-40-31-20(29(23)33)10-12-26(37-3)28(31)21(14-27(32)38-4)24-16-39-25-11-9-19(36-2)13-22(25)30(24)34/h5-13,15-16,21H,14H2,1-4H3. The van der Waals surface area contributed by atoms with E-state index < -0.39 is 11.9 Å². The van der Waals surface area contributed by atoms with E-state index in [1.807, 2.05) is 0 Å². The highest BCUT2D eigenvalue weighted by Crippen LogP contribution is 2.39. The van der Waals surface area contributed by atoms with Gasteiger partial charge in [-0.05, 0) is 48.0 Å². The summed E-state index contributed by atoms with van der Waals surface area (Å²) in [4.78, 5) is 40.1. The van der Waals surface area contributed by atoms with Crippen molar-refractivity contribution in [2.24, 2.45) is 0 Å². The van der Waals surface area contributed by atoms with Crippen LogP contribution in [-0.4, -0.2) is 34.4 Å². The molecule has 0 saturated carbocycles. The van der Waals surface area contributed by atoms with Crippen LogP contribution in [0, 0.1) is 0 Å². The Morgan fingerprint density at radius 3 is 2.17 bits per heavy atom. The van der Waals surface area contributed by atoms with Gasteiger partial charge in [-0.25, -0.2) is 0 Å². The van der Waals surface area contributed by atoms with Crippen LogP contribution < -0.4 is 25.1 Å². The normalized spacial score (nSPS) is 11.8. The summed E-state index contributed by atoms with van der Waals surface area (Å²) in [6.45, 7) is 0. The van der Waals surface area contributed by atoms with Gasteiger partial charge in [-0.1, -0.05) is 12.1 Å². The largest absolute Gasteiger partial charge is 0.497 e. The molecule has 9 nitrogen and oxygen atoms in total. The maximum Gasteiger partial charge on any atom is 0.306 e. The van der Waals surface area contributed by atoms with Crippen LogP contribution in [-0.2, 0) is 9.53 Å². The lowest BCUT2D eigenvalue weighted by Crippen LogP contribution is -2.19. The van der Waals surface area contributed by atoms with E-state index >= 15 is 0 Å². The zero-order valence-electron chi connectivity index (χ0n) is 22.3. The summed E-state index contributed by atoms with van der Waals surface area (Å²) in [5, 5.41) is 0.528. The predicted molar refractivity (Wildman–Crippen MR) is 149 cm³/mol. The van der Waals surface area contributed by atoms with Gasteiger partial charge in [0.2, 0.25) is 5.43 Å². The zero-order chi connectivity index (χ0) is 28.4. The molecular weight excluding hydrogens is 516 g/mol. The lowest BCUT2D eigenvalue weighted by Gasteiger charge is -2.20. The number of ether oxygens (including phenoxy) is 4. The lowest BCUT2D eigenvalue weighted by molar-refractivity contribution is -0.140. The predicted octanol–water partition coefficient (Wildman–Crippen LogP) is 5.29. The summed E-state index contributed by atoms with van der Waals surface area (Å²) in [5.41, 5.74) is 1.37. The number of carbonyl (C=O) groups excluding carboxylic acids is 1. The van der Waals surface area contributed by atoms with Gasteiger partial charge in [0.05, 0.1) is 57.5 Å². The second-order valence-electron chi connectivity index (χ2n) is 8.98. The van der Waals surface area contributed by atoms with Gasteiger partial charge in [0, 0.05) is 17.0 Å². The van der Waals surface area contributed by atoms with Crippen molar-refractivity contribution in [3.05, 3.63) is 98.7 Å². The van der Waals surface area contributed by atoms with E-state index in [0.717, 1.165) is 0 Å². The molecule has 0 radical (unpaired) electrons. The third-order valence-corrected chi connectivity index (χ3v) is 6.89. The van der Waals surface area contributed by atoms with Crippen LogP contribution in [0.4, 0.5) is 0 Å². The quantitative estimate of drug-likeness (QED) is 0.241. The molecule has 0 aliphatic carbocycles. The smallest absolute Gasteiger partial charge is 0.306 e. The van der Waals surface area contributed by atoms with Gasteiger partial charge in [-0.2, -0.15) is 0 Å². The molecule has 0 saturated heterocycles. The minimum absolute atomic E-state index is 0.166. The number of methoxy groups -OCH3 is 4. The molecular formula is C31H26O9. The lowest BCUT2D eigenvalue weighted by atomic mass is 9.86. The Bertz CT molecular complexity index is 1830. The molecule has 1 atom stereocenters. The van der Waals surface area contributed by atoms with Crippen LogP contribution in [0.15, 0.2) is 85.5 Å². The van der Waals surface area contributed by atoms with Crippen molar-refractivity contribution in [2.45, 2.75) is 12.3 Å². The van der Waals surface area contributed by atoms with Crippen molar-refractivity contribution in [1.82, 2.24) is 0 Å². The molecule has 2 heterocycles. The van der Waals surface area contributed by atoms with E-state index in [1.165, 1.54) is 33.9 Å². The molecule has 9 heteroatoms. The van der Waals surface area contributed by atoms with Gasteiger partial charge in [0.15, 0.2) is 5.43 Å². The number of carbonyl (C=O) groups is 1. The van der Waals surface area contributed by atoms with Gasteiger partial charge < -0.3 is 27.8 Å². The summed E-state index contributed by atoms with van der Waals surface area (Å²) in [5.74, 6) is -0.0501. The monoisotopic (exact) mass is 542 g/mol. The number of hydrogen-bond acceptors (Lipinski definition) is 9. The summed E-state index contributed by atoms with van der Waals surface area (Å²) in [6.07, 6.45) is 2.43. The van der Waals surface area contributed by atoms with Gasteiger partial charge in [0.25, 0.3) is 0 Å². The first-order valence-corrected chi connectivity index (χ1v) is 12.3. The Morgan fingerprint density at radius 1 is 0.775 bits per heavy atom. The Balaban J connectivity index is 1.76. The van der Waals surface area contributed by atoms with Crippen molar-refractivity contribution in [1.29, 1.82) is 0 Å². The van der Waals surface area contributed by atoms with Crippen molar-refractivity contribution in [3.63, 3.8) is 0 Å². The SMILES string of the molecule is COC(=O)CC(c1coc2ccc(OC)cc2c1=O)c1c(OC)ccc2c(=O)c(-c3ccc(OC)cc3)coc12. The van der Waals surface area contributed by atoms with Crippen LogP contribution in [0.5, 0.6) is 17.2 Å². The molecule has 0 N–H and O–H groups in total. The molecule has 0 aliphatic rings. The molecule has 0 aliphatic heterocycles. The first kappa shape index (κ1) is 26.6. The van der Waals surface area contributed by atoms with E-state index in [0.29, 0.717) is 39.5 Å². The fraction of sp³-hybridized carbons (Fsp3) is 0.194. The molecule has 40 heavy (non-hydrogen) atoms. The first-order chi connectivity index (χ1) is 19.4. The summed E-state index contributed by atoms with van der Waals surface area (Å²) < 4.78 is 33.0. The van der Waals surface area contributed by atoms with Gasteiger partial charge >= 0.3 is 5.97 Å². The van der Waals surface area contributed by atoms with E-state index in [-0.39, 0.29) is 39.2 Å². The molecule has 3 aromatic carbocycles. The van der Waals surface area contributed by atoms with Crippen LogP contribution in [0.3, 0.4) is 0 Å². The van der Waals surface area contributed by atoms with Gasteiger partial charge in [0.1, 0.15) is 34.7 Å². The third-order valence-electron chi connectivity index (χ3n) is 6.89. The Labute approximate surface area is 228 Å². The highest BCUT2D eigenvalue weighted by atomic mass is 16.5. The van der Waals surface area contributed by atoms with E-state index in [9.17, 15) is 14.4 Å². The molecule has 0 bridgehead atoms. The van der Waals surface area contributed by atoms with Crippen LogP contribution in [0.2, 0.25) is 0 Å². The number of hydrogen-bond donors (Lipinski definition) is 0. The molecule has 1 unspecified atom stereocenters. The molecule has 0 amide bonds. The maximum absolute atomic E-state index is 13.8. The van der Waals surface area contributed by atoms with E-state index in [2.05, 4.69) is 0 Å². The maximum atomic E-state index is 13.8. The van der Waals surface area contributed by atoms with Crippen molar-refractivity contribution >= 4 is 27.9 Å². The number of benzene rings is 3. The molecule has 5 aromatic rings. The topological polar surface area (TPSA) is 114 Å². The minimum atomic E-state index is -0.923. The summed E-state index contributed by atoms with van der Waals surface area (Å²) in [6, 6.07) is 15.1. The van der Waals surface area contributed by atoms with Gasteiger partial charge in [-0.3, -0.25) is 14.4 Å². The van der Waals surface area contributed by atoms with Crippen molar-refractivity contribution in [3.8, 4) is 28.4 Å². The van der Waals surface area contributed by atoms with Crippen LogP contribution >= 0.6 is 0 Å². The van der Waals surface area contributed by atoms with E-state index in [4.69, 9.17) is 27.8 Å². The number of fused-ring (bicyclic) bond motifs is 2. The Hall–Kier alpha value is -5.05. The average Bonchev–Trinajstić information content (AvgIpc) is 3.00. The van der Waals surface area contributed by atoms with Crippen LogP contribution in [0.1, 0.15) is 23.5 Å². The third kappa shape index (κ3) is 4.66. The molecule has 0 fully saturated rings. The molecule has 2 aromatic heterocycles. The van der Waals surface area contributed by atoms with E-state index in [1.54, 1.807) is 61.7 Å². The van der Waals surface area contributed by atoms with Gasteiger partial charge in [-0.15, -0.1) is 0 Å². The molecule has 0 spiro atoms. The average molecular weight is 543 g/mol. The second-order valence-corrected chi connectivity index (χ2v) is 8.98. The first-order valence-electron chi connectivity index (χ1n) is 12.3.